The number of aromatic hydroxyl groups is 5. The van der Waals surface area contributed by atoms with Gasteiger partial charge in [0.2, 0.25) is 12.0 Å². The largest absolute Gasteiger partial charge is 0.507 e. The molecule has 1 aliphatic heterocycles. The Morgan fingerprint density at radius 1 is 0.818 bits per heavy atom. The summed E-state index contributed by atoms with van der Waals surface area (Å²) >= 11 is 0. The van der Waals surface area contributed by atoms with Crippen molar-refractivity contribution in [3.05, 3.63) is 30.3 Å². The first-order valence-corrected chi connectivity index (χ1v) is 9.66. The van der Waals surface area contributed by atoms with Crippen LogP contribution in [0.15, 0.2) is 34.7 Å². The lowest BCUT2D eigenvalue weighted by Gasteiger charge is -2.39. The van der Waals surface area contributed by atoms with Gasteiger partial charge in [-0.05, 0) is 0 Å². The Bertz CT molecular complexity index is 1170. The van der Waals surface area contributed by atoms with Crippen LogP contribution in [0.4, 0.5) is 0 Å². The predicted octanol–water partition coefficient (Wildman–Crippen LogP) is 0.0876. The highest BCUT2D eigenvalue weighted by Crippen LogP contribution is 2.44. The quantitative estimate of drug-likeness (QED) is 0.185. The summed E-state index contributed by atoms with van der Waals surface area (Å²) in [5.41, 5.74) is -0.0529. The van der Waals surface area contributed by atoms with Gasteiger partial charge in [0.1, 0.15) is 41.3 Å². The molecule has 1 aromatic heterocycles. The van der Waals surface area contributed by atoms with Crippen LogP contribution in [0.5, 0.6) is 34.5 Å². The Hall–Kier alpha value is -3.55. The van der Waals surface area contributed by atoms with Gasteiger partial charge < -0.3 is 55.4 Å². The molecule has 0 bridgehead atoms. The molecule has 1 fully saturated rings. The second-order valence-corrected chi connectivity index (χ2v) is 7.49. The lowest BCUT2D eigenvalue weighted by atomic mass is 9.99. The summed E-state index contributed by atoms with van der Waals surface area (Å²) in [6.45, 7) is -0.695. The highest BCUT2D eigenvalue weighted by molar-refractivity contribution is 5.88. The Morgan fingerprint density at radius 2 is 1.48 bits per heavy atom. The van der Waals surface area contributed by atoms with Gasteiger partial charge in [-0.3, -0.25) is 0 Å². The van der Waals surface area contributed by atoms with Crippen LogP contribution in [0.3, 0.4) is 0 Å². The standard InChI is InChI=1S/C21H20O12/c22-6-15-17(28)18(29)19(30)21(33-15)32-14-5-9-10(24)3-8(23)4-13(9)31-20(14)7-1-11(25)16(27)12(26)2-7/h1-5,15,17-19,21-22,28-30H,6H2,(H4-,23,24,25,26,27)/p+1/t15-,17-,18+,19+,21-/m1/s1. The normalized spacial score (nSPS) is 25.3. The molecule has 33 heavy (non-hydrogen) atoms. The molecule has 0 amide bonds. The third-order valence-corrected chi connectivity index (χ3v) is 5.24. The Kier molecular flexibility index (Phi) is 5.78. The van der Waals surface area contributed by atoms with Crippen molar-refractivity contribution in [3.8, 4) is 45.8 Å². The number of hydrogen-bond donors (Lipinski definition) is 9. The van der Waals surface area contributed by atoms with Gasteiger partial charge in [0.05, 0.1) is 18.2 Å². The van der Waals surface area contributed by atoms with E-state index in [2.05, 4.69) is 0 Å². The average molecular weight is 465 g/mol. The molecule has 0 radical (unpaired) electrons. The zero-order valence-electron chi connectivity index (χ0n) is 16.7. The molecule has 12 nitrogen and oxygen atoms in total. The van der Waals surface area contributed by atoms with Crippen molar-refractivity contribution < 1.29 is 59.8 Å². The number of aliphatic hydroxyl groups is 4. The molecule has 9 N–H and O–H groups in total. The van der Waals surface area contributed by atoms with E-state index >= 15 is 0 Å². The molecule has 0 unspecified atom stereocenters. The van der Waals surface area contributed by atoms with Crippen molar-refractivity contribution in [2.75, 3.05) is 6.61 Å². The van der Waals surface area contributed by atoms with Crippen molar-refractivity contribution in [2.45, 2.75) is 30.7 Å². The third kappa shape index (κ3) is 4.01. The lowest BCUT2D eigenvalue weighted by Crippen LogP contribution is -2.60. The molecule has 1 aliphatic rings. The van der Waals surface area contributed by atoms with Crippen molar-refractivity contribution in [1.29, 1.82) is 0 Å². The van der Waals surface area contributed by atoms with Crippen molar-refractivity contribution in [3.63, 3.8) is 0 Å². The molecule has 176 valence electrons. The van der Waals surface area contributed by atoms with E-state index in [9.17, 15) is 46.0 Å². The van der Waals surface area contributed by atoms with Crippen LogP contribution in [-0.2, 0) is 4.74 Å². The number of benzene rings is 2. The zero-order chi connectivity index (χ0) is 24.0. The molecule has 3 aromatic rings. The SMILES string of the molecule is OC[C@H]1O[C@@H](Oc2cc3c(O)cc(O)cc3[o+]c2-c2cc(O)c(O)c(O)c2)[C@@H](O)[C@@H](O)[C@@H]1O. The first kappa shape index (κ1) is 22.6. The summed E-state index contributed by atoms with van der Waals surface area (Å²) in [5, 5.41) is 89.2. The first-order valence-electron chi connectivity index (χ1n) is 9.66. The summed E-state index contributed by atoms with van der Waals surface area (Å²) < 4.78 is 16.7. The second kappa shape index (κ2) is 8.42. The number of aliphatic hydroxyl groups excluding tert-OH is 4. The molecule has 2 heterocycles. The fraction of sp³-hybridized carbons (Fsp3) is 0.286. The van der Waals surface area contributed by atoms with Crippen LogP contribution in [-0.4, -0.2) is 83.3 Å². The van der Waals surface area contributed by atoms with Gasteiger partial charge in [0.15, 0.2) is 17.2 Å². The highest BCUT2D eigenvalue weighted by atomic mass is 16.7. The molecular weight excluding hydrogens is 444 g/mol. The van der Waals surface area contributed by atoms with E-state index in [1.54, 1.807) is 0 Å². The number of ether oxygens (including phenoxy) is 2. The van der Waals surface area contributed by atoms with Gasteiger partial charge in [0, 0.05) is 24.3 Å². The molecule has 0 spiro atoms. The van der Waals surface area contributed by atoms with Crippen LogP contribution >= 0.6 is 0 Å². The minimum atomic E-state index is -1.76. The second-order valence-electron chi connectivity index (χ2n) is 7.49. The van der Waals surface area contributed by atoms with E-state index in [-0.39, 0.29) is 33.8 Å². The Labute approximate surface area is 185 Å². The maximum absolute atomic E-state index is 10.3. The van der Waals surface area contributed by atoms with E-state index in [1.807, 2.05) is 0 Å². The van der Waals surface area contributed by atoms with E-state index in [1.165, 1.54) is 12.1 Å². The topological polar surface area (TPSA) is 212 Å². The number of rotatable bonds is 4. The van der Waals surface area contributed by atoms with Crippen molar-refractivity contribution in [2.24, 2.45) is 0 Å². The molecule has 0 saturated carbocycles. The van der Waals surface area contributed by atoms with Crippen molar-refractivity contribution >= 4 is 11.0 Å². The highest BCUT2D eigenvalue weighted by Gasteiger charge is 2.45. The molecule has 5 atom stereocenters. The lowest BCUT2D eigenvalue weighted by molar-refractivity contribution is -0.277. The maximum Gasteiger partial charge on any atom is 0.402 e. The first-order chi connectivity index (χ1) is 15.6. The number of phenolic OH excluding ortho intramolecular Hbond substituents is 5. The predicted molar refractivity (Wildman–Crippen MR) is 109 cm³/mol. The van der Waals surface area contributed by atoms with E-state index < -0.39 is 60.3 Å². The summed E-state index contributed by atoms with van der Waals surface area (Å²) in [7, 11) is 0. The molecule has 12 heteroatoms. The Morgan fingerprint density at radius 3 is 2.12 bits per heavy atom. The molecule has 0 aliphatic carbocycles. The maximum atomic E-state index is 10.3. The third-order valence-electron chi connectivity index (χ3n) is 5.24. The minimum Gasteiger partial charge on any atom is -0.507 e. The fourth-order valence-corrected chi connectivity index (χ4v) is 3.50. The Balaban J connectivity index is 1.86. The fourth-order valence-electron chi connectivity index (χ4n) is 3.50. The number of fused-ring (bicyclic) bond motifs is 1. The number of phenols is 5. The van der Waals surface area contributed by atoms with Crippen LogP contribution in [0.25, 0.3) is 22.3 Å². The molecule has 4 rings (SSSR count). The summed E-state index contributed by atoms with van der Waals surface area (Å²) in [6.07, 6.45) is -7.99. The smallest absolute Gasteiger partial charge is 0.402 e. The van der Waals surface area contributed by atoms with Gasteiger partial charge >= 0.3 is 11.3 Å². The molecule has 1 saturated heterocycles. The summed E-state index contributed by atoms with van der Waals surface area (Å²) in [5.74, 6) is -3.32. The van der Waals surface area contributed by atoms with Gasteiger partial charge in [-0.25, -0.2) is 4.42 Å². The van der Waals surface area contributed by atoms with Gasteiger partial charge in [-0.1, -0.05) is 0 Å². The van der Waals surface area contributed by atoms with E-state index in [4.69, 9.17) is 13.9 Å². The monoisotopic (exact) mass is 465 g/mol. The van der Waals surface area contributed by atoms with Crippen LogP contribution in [0, 0.1) is 0 Å². The van der Waals surface area contributed by atoms with E-state index in [0.29, 0.717) is 0 Å². The van der Waals surface area contributed by atoms with Gasteiger partial charge in [-0.15, -0.1) is 0 Å². The summed E-state index contributed by atoms with van der Waals surface area (Å²) in [6, 6.07) is 5.51. The zero-order valence-corrected chi connectivity index (χ0v) is 16.7. The van der Waals surface area contributed by atoms with Gasteiger partial charge in [-0.2, -0.15) is 0 Å². The van der Waals surface area contributed by atoms with E-state index in [0.717, 1.165) is 18.2 Å². The van der Waals surface area contributed by atoms with Crippen molar-refractivity contribution in [1.82, 2.24) is 0 Å². The van der Waals surface area contributed by atoms with Gasteiger partial charge in [0.25, 0.3) is 0 Å². The molecule has 2 aromatic carbocycles. The number of hydrogen-bond acceptors (Lipinski definition) is 11. The average Bonchev–Trinajstić information content (AvgIpc) is 2.77. The van der Waals surface area contributed by atoms with Crippen LogP contribution in [0.2, 0.25) is 0 Å². The minimum absolute atomic E-state index is 0.0212. The van der Waals surface area contributed by atoms with Crippen LogP contribution in [0.1, 0.15) is 0 Å². The van der Waals surface area contributed by atoms with Crippen LogP contribution < -0.4 is 4.74 Å². The summed E-state index contributed by atoms with van der Waals surface area (Å²) in [4.78, 5) is 0. The molecular formula is C21H21O12+.